The van der Waals surface area contributed by atoms with Crippen LogP contribution in [0.5, 0.6) is 0 Å². The number of hydrogen-bond donors (Lipinski definition) is 0. The van der Waals surface area contributed by atoms with Crippen molar-refractivity contribution in [1.29, 1.82) is 0 Å². The fourth-order valence-corrected chi connectivity index (χ4v) is 4.64. The van der Waals surface area contributed by atoms with Gasteiger partial charge in [-0.3, -0.25) is 0 Å². The molecule has 1 heterocycles. The van der Waals surface area contributed by atoms with Crippen molar-refractivity contribution in [2.24, 2.45) is 5.92 Å². The smallest absolute Gasteiger partial charge is 0.207 e. The third-order valence-electron chi connectivity index (χ3n) is 3.41. The zero-order valence-electron chi connectivity index (χ0n) is 10.0. The Bertz CT molecular complexity index is 535. The Balaban J connectivity index is 2.41. The van der Waals surface area contributed by atoms with Gasteiger partial charge in [0.15, 0.2) is 0 Å². The van der Waals surface area contributed by atoms with Gasteiger partial charge in [0.1, 0.15) is 10.7 Å². The average molecular weight is 292 g/mol. The Morgan fingerprint density at radius 1 is 1.44 bits per heavy atom. The molecule has 6 heteroatoms. The highest BCUT2D eigenvalue weighted by molar-refractivity contribution is 7.89. The highest BCUT2D eigenvalue weighted by atomic mass is 35.5. The van der Waals surface area contributed by atoms with Gasteiger partial charge in [-0.1, -0.05) is 19.1 Å². The van der Waals surface area contributed by atoms with Gasteiger partial charge in [-0.15, -0.1) is 11.6 Å². The van der Waals surface area contributed by atoms with Crippen LogP contribution in [0.1, 0.15) is 13.3 Å². The van der Waals surface area contributed by atoms with Crippen molar-refractivity contribution in [3.05, 3.63) is 30.1 Å². The first kappa shape index (κ1) is 13.8. The van der Waals surface area contributed by atoms with Gasteiger partial charge in [-0.05, 0) is 24.5 Å². The lowest BCUT2D eigenvalue weighted by Crippen LogP contribution is -2.38. The van der Waals surface area contributed by atoms with Gasteiger partial charge in [0.25, 0.3) is 0 Å². The maximum Gasteiger partial charge on any atom is 0.246 e. The van der Waals surface area contributed by atoms with Gasteiger partial charge in [-0.25, -0.2) is 12.8 Å². The van der Waals surface area contributed by atoms with Crippen molar-refractivity contribution >= 4 is 21.6 Å². The molecule has 1 aliphatic heterocycles. The van der Waals surface area contributed by atoms with Crippen LogP contribution in [0.25, 0.3) is 0 Å². The van der Waals surface area contributed by atoms with E-state index in [1.807, 2.05) is 6.92 Å². The van der Waals surface area contributed by atoms with Gasteiger partial charge in [0.2, 0.25) is 10.0 Å². The molecule has 3 nitrogen and oxygen atoms in total. The highest BCUT2D eigenvalue weighted by Gasteiger charge is 2.39. The van der Waals surface area contributed by atoms with Crippen molar-refractivity contribution < 1.29 is 12.8 Å². The minimum Gasteiger partial charge on any atom is -0.207 e. The molecular formula is C12H15ClFNO2S. The number of alkyl halides is 1. The van der Waals surface area contributed by atoms with Crippen LogP contribution in [-0.2, 0) is 10.0 Å². The number of halogens is 2. The summed E-state index contributed by atoms with van der Waals surface area (Å²) < 4.78 is 39.7. The Morgan fingerprint density at radius 2 is 2.11 bits per heavy atom. The molecule has 18 heavy (non-hydrogen) atoms. The second-order valence-corrected chi connectivity index (χ2v) is 6.70. The lowest BCUT2D eigenvalue weighted by Gasteiger charge is -2.24. The lowest BCUT2D eigenvalue weighted by atomic mass is 10.1. The number of hydrogen-bond acceptors (Lipinski definition) is 2. The van der Waals surface area contributed by atoms with E-state index < -0.39 is 15.8 Å². The first-order valence-electron chi connectivity index (χ1n) is 5.81. The zero-order valence-corrected chi connectivity index (χ0v) is 11.6. The first-order chi connectivity index (χ1) is 8.48. The van der Waals surface area contributed by atoms with Crippen molar-refractivity contribution in [2.45, 2.75) is 24.3 Å². The normalized spacial score (nSPS) is 25.5. The molecule has 1 aromatic rings. The summed E-state index contributed by atoms with van der Waals surface area (Å²) in [5.74, 6) is -0.288. The SMILES string of the molecule is CC1CCN(S(=O)(=O)c2ccccc2F)C1CCl. The largest absolute Gasteiger partial charge is 0.246 e. The van der Waals surface area contributed by atoms with Crippen LogP contribution < -0.4 is 0 Å². The Morgan fingerprint density at radius 3 is 2.72 bits per heavy atom. The molecule has 0 spiro atoms. The third kappa shape index (κ3) is 2.27. The standard InChI is InChI=1S/C12H15ClFNO2S/c1-9-6-7-15(11(9)8-13)18(16,17)12-5-3-2-4-10(12)14/h2-5,9,11H,6-8H2,1H3. The second-order valence-electron chi connectivity index (χ2n) is 4.53. The van der Waals surface area contributed by atoms with E-state index in [4.69, 9.17) is 11.6 Å². The van der Waals surface area contributed by atoms with Gasteiger partial charge in [0, 0.05) is 18.5 Å². The summed E-state index contributed by atoms with van der Waals surface area (Å²) in [6, 6.07) is 5.18. The van der Waals surface area contributed by atoms with E-state index in [-0.39, 0.29) is 22.7 Å². The molecule has 0 radical (unpaired) electrons. The number of rotatable bonds is 3. The Labute approximate surface area is 112 Å². The van der Waals surface area contributed by atoms with Crippen molar-refractivity contribution in [3.63, 3.8) is 0 Å². The quantitative estimate of drug-likeness (QED) is 0.802. The van der Waals surface area contributed by atoms with Gasteiger partial charge < -0.3 is 0 Å². The summed E-state index contributed by atoms with van der Waals surface area (Å²) in [5.41, 5.74) is 0. The fourth-order valence-electron chi connectivity index (χ4n) is 2.28. The molecule has 0 aliphatic carbocycles. The predicted molar refractivity (Wildman–Crippen MR) is 68.6 cm³/mol. The molecule has 1 fully saturated rings. The molecule has 0 aromatic heterocycles. The molecule has 1 saturated heterocycles. The molecular weight excluding hydrogens is 277 g/mol. The lowest BCUT2D eigenvalue weighted by molar-refractivity contribution is 0.373. The molecule has 2 rings (SSSR count). The predicted octanol–water partition coefficient (Wildman–Crippen LogP) is 2.46. The van der Waals surface area contributed by atoms with E-state index in [9.17, 15) is 12.8 Å². The molecule has 100 valence electrons. The number of benzene rings is 1. The summed E-state index contributed by atoms with van der Waals surface area (Å²) in [4.78, 5) is -0.269. The van der Waals surface area contributed by atoms with Gasteiger partial charge in [0.05, 0.1) is 0 Å². The Kier molecular flexibility index (Phi) is 3.94. The molecule has 0 bridgehead atoms. The van der Waals surface area contributed by atoms with E-state index in [1.54, 1.807) is 0 Å². The zero-order chi connectivity index (χ0) is 13.3. The van der Waals surface area contributed by atoms with Crippen LogP contribution in [0.3, 0.4) is 0 Å². The van der Waals surface area contributed by atoms with Crippen molar-refractivity contribution in [2.75, 3.05) is 12.4 Å². The fraction of sp³-hybridized carbons (Fsp3) is 0.500. The number of nitrogens with zero attached hydrogens (tertiary/aromatic N) is 1. The van der Waals surface area contributed by atoms with E-state index in [2.05, 4.69) is 0 Å². The van der Waals surface area contributed by atoms with E-state index in [1.165, 1.54) is 22.5 Å². The minimum absolute atomic E-state index is 0.198. The summed E-state index contributed by atoms with van der Waals surface area (Å²) in [6.45, 7) is 2.36. The Hall–Kier alpha value is -0.650. The second kappa shape index (κ2) is 5.15. The summed E-state index contributed by atoms with van der Waals surface area (Å²) in [5, 5.41) is 0. The maximum atomic E-state index is 13.6. The third-order valence-corrected chi connectivity index (χ3v) is 5.69. The van der Waals surface area contributed by atoms with Gasteiger partial charge in [-0.2, -0.15) is 4.31 Å². The van der Waals surface area contributed by atoms with Crippen molar-refractivity contribution in [3.8, 4) is 0 Å². The van der Waals surface area contributed by atoms with Crippen LogP contribution in [0.15, 0.2) is 29.2 Å². The number of sulfonamides is 1. The van der Waals surface area contributed by atoms with E-state index in [0.29, 0.717) is 6.54 Å². The molecule has 2 unspecified atom stereocenters. The summed E-state index contributed by atoms with van der Waals surface area (Å²) in [7, 11) is -3.79. The molecule has 1 aliphatic rings. The maximum absolute atomic E-state index is 13.6. The van der Waals surface area contributed by atoms with Crippen molar-refractivity contribution in [1.82, 2.24) is 4.31 Å². The van der Waals surface area contributed by atoms with Crippen LogP contribution in [0.4, 0.5) is 4.39 Å². The first-order valence-corrected chi connectivity index (χ1v) is 7.78. The molecule has 1 aromatic carbocycles. The van der Waals surface area contributed by atoms with E-state index in [0.717, 1.165) is 12.5 Å². The molecule has 0 amide bonds. The van der Waals surface area contributed by atoms with E-state index >= 15 is 0 Å². The monoisotopic (exact) mass is 291 g/mol. The minimum atomic E-state index is -3.79. The van der Waals surface area contributed by atoms with Gasteiger partial charge >= 0.3 is 0 Å². The summed E-state index contributed by atoms with van der Waals surface area (Å²) >= 11 is 5.83. The van der Waals surface area contributed by atoms with Crippen LogP contribution in [0.2, 0.25) is 0 Å². The van der Waals surface area contributed by atoms with Crippen LogP contribution >= 0.6 is 11.6 Å². The molecule has 0 N–H and O–H groups in total. The van der Waals surface area contributed by atoms with Crippen LogP contribution in [-0.4, -0.2) is 31.2 Å². The summed E-state index contributed by atoms with van der Waals surface area (Å²) in [6.07, 6.45) is 0.755. The molecule has 2 atom stereocenters. The molecule has 0 saturated carbocycles. The highest BCUT2D eigenvalue weighted by Crippen LogP contribution is 2.31. The van der Waals surface area contributed by atoms with Crippen LogP contribution in [0, 0.1) is 11.7 Å². The average Bonchev–Trinajstić information content (AvgIpc) is 2.71. The topological polar surface area (TPSA) is 37.4 Å².